The number of imidazole rings is 1. The number of carbonyl (C=O) groups is 1. The van der Waals surface area contributed by atoms with Crippen LogP contribution in [0.15, 0.2) is 41.7 Å². The smallest absolute Gasteiger partial charge is 0.274 e. The molecule has 1 saturated heterocycles. The highest BCUT2D eigenvalue weighted by atomic mass is 32.2. The van der Waals surface area contributed by atoms with Gasteiger partial charge in [-0.2, -0.15) is 0 Å². The van der Waals surface area contributed by atoms with E-state index < -0.39 is 33.8 Å². The molecule has 2 aliphatic rings. The van der Waals surface area contributed by atoms with Gasteiger partial charge in [-0.25, -0.2) is 32.2 Å². The Morgan fingerprint density at radius 2 is 1.89 bits per heavy atom. The number of hydrogen-bond acceptors (Lipinski definition) is 7. The van der Waals surface area contributed by atoms with E-state index in [-0.39, 0.29) is 28.9 Å². The second kappa shape index (κ2) is 10.0. The SMILES string of the molecule is CCc1cnc(N2CC[C@@H](N(C(=O)c3cn(-c4ccc(S(C)(=O)=O)cc4F)c(C)n3)C3CC3)[C@@H](F)C2)nc1. The van der Waals surface area contributed by atoms with Gasteiger partial charge in [0.25, 0.3) is 5.91 Å². The van der Waals surface area contributed by atoms with Crippen LogP contribution in [0.3, 0.4) is 0 Å². The third-order valence-electron chi connectivity index (χ3n) is 7.13. The van der Waals surface area contributed by atoms with Gasteiger partial charge in [0.05, 0.1) is 23.2 Å². The Kier molecular flexibility index (Phi) is 6.93. The molecule has 0 radical (unpaired) electrons. The van der Waals surface area contributed by atoms with Gasteiger partial charge in [-0.1, -0.05) is 6.92 Å². The Morgan fingerprint density at radius 3 is 2.47 bits per heavy atom. The van der Waals surface area contributed by atoms with Crippen molar-refractivity contribution in [1.82, 2.24) is 24.4 Å². The van der Waals surface area contributed by atoms with E-state index >= 15 is 4.39 Å². The van der Waals surface area contributed by atoms with E-state index in [0.717, 1.165) is 37.1 Å². The highest BCUT2D eigenvalue weighted by Crippen LogP contribution is 2.35. The summed E-state index contributed by atoms with van der Waals surface area (Å²) in [6.07, 6.45) is 7.46. The average Bonchev–Trinajstić information content (AvgIpc) is 3.65. The molecule has 3 heterocycles. The van der Waals surface area contributed by atoms with Crippen LogP contribution in [0.2, 0.25) is 0 Å². The molecule has 1 aromatic carbocycles. The molecule has 0 N–H and O–H groups in total. The number of halogens is 2. The van der Waals surface area contributed by atoms with Crippen molar-refractivity contribution in [3.8, 4) is 5.69 Å². The van der Waals surface area contributed by atoms with Gasteiger partial charge in [0.2, 0.25) is 5.95 Å². The maximum Gasteiger partial charge on any atom is 0.274 e. The van der Waals surface area contributed by atoms with Gasteiger partial charge in [0.1, 0.15) is 23.5 Å². The molecule has 1 amide bonds. The zero-order valence-corrected chi connectivity index (χ0v) is 22.3. The van der Waals surface area contributed by atoms with E-state index in [4.69, 9.17) is 0 Å². The summed E-state index contributed by atoms with van der Waals surface area (Å²) >= 11 is 0. The van der Waals surface area contributed by atoms with Gasteiger partial charge in [-0.15, -0.1) is 0 Å². The van der Waals surface area contributed by atoms with Crippen molar-refractivity contribution in [2.75, 3.05) is 24.2 Å². The summed E-state index contributed by atoms with van der Waals surface area (Å²) in [4.78, 5) is 30.0. The zero-order chi connectivity index (χ0) is 27.2. The largest absolute Gasteiger partial charge is 0.338 e. The number of benzene rings is 1. The number of carbonyl (C=O) groups excluding carboxylic acids is 1. The topological polar surface area (TPSA) is 101 Å². The van der Waals surface area contributed by atoms with Crippen molar-refractivity contribution in [2.24, 2.45) is 0 Å². The van der Waals surface area contributed by atoms with Crippen molar-refractivity contribution in [1.29, 1.82) is 0 Å². The molecule has 1 aliphatic carbocycles. The number of nitrogens with zero attached hydrogens (tertiary/aromatic N) is 6. The van der Waals surface area contributed by atoms with Gasteiger partial charge in [0.15, 0.2) is 9.84 Å². The highest BCUT2D eigenvalue weighted by molar-refractivity contribution is 7.90. The van der Waals surface area contributed by atoms with Crippen LogP contribution in [0, 0.1) is 12.7 Å². The van der Waals surface area contributed by atoms with Crippen molar-refractivity contribution in [2.45, 2.75) is 62.7 Å². The van der Waals surface area contributed by atoms with Crippen LogP contribution in [0.1, 0.15) is 48.1 Å². The molecule has 1 saturated carbocycles. The van der Waals surface area contributed by atoms with Gasteiger partial charge in [-0.05, 0) is 56.4 Å². The summed E-state index contributed by atoms with van der Waals surface area (Å²) in [5, 5.41) is 0. The lowest BCUT2D eigenvalue weighted by Crippen LogP contribution is -2.55. The minimum absolute atomic E-state index is 0.0615. The molecule has 2 fully saturated rings. The van der Waals surface area contributed by atoms with E-state index in [1.807, 2.05) is 6.92 Å². The molecule has 1 aliphatic heterocycles. The molecule has 2 aromatic heterocycles. The summed E-state index contributed by atoms with van der Waals surface area (Å²) < 4.78 is 55.3. The molecule has 202 valence electrons. The summed E-state index contributed by atoms with van der Waals surface area (Å²) in [7, 11) is -3.57. The predicted molar refractivity (Wildman–Crippen MR) is 137 cm³/mol. The summed E-state index contributed by atoms with van der Waals surface area (Å²) in [6.45, 7) is 4.24. The molecular formula is C26H30F2N6O3S. The van der Waals surface area contributed by atoms with Gasteiger partial charge < -0.3 is 14.4 Å². The number of aryl methyl sites for hydroxylation is 2. The molecule has 12 heteroatoms. The first-order valence-corrected chi connectivity index (χ1v) is 14.5. The Hall–Kier alpha value is -3.41. The minimum Gasteiger partial charge on any atom is -0.338 e. The van der Waals surface area contributed by atoms with E-state index in [0.29, 0.717) is 24.7 Å². The molecule has 2 atom stereocenters. The third kappa shape index (κ3) is 5.13. The van der Waals surface area contributed by atoms with Crippen LogP contribution in [0.5, 0.6) is 0 Å². The molecule has 0 bridgehead atoms. The number of hydrogen-bond donors (Lipinski definition) is 0. The molecule has 5 rings (SSSR count). The van der Waals surface area contributed by atoms with Crippen LogP contribution in [0.25, 0.3) is 5.69 Å². The number of aromatic nitrogens is 4. The van der Waals surface area contributed by atoms with E-state index in [9.17, 15) is 17.6 Å². The van der Waals surface area contributed by atoms with Crippen LogP contribution < -0.4 is 4.90 Å². The first kappa shape index (κ1) is 26.2. The summed E-state index contributed by atoms with van der Waals surface area (Å²) in [5.74, 6) is -0.315. The predicted octanol–water partition coefficient (Wildman–Crippen LogP) is 3.30. The van der Waals surface area contributed by atoms with Gasteiger partial charge in [-0.3, -0.25) is 4.79 Å². The Bertz CT molecular complexity index is 1460. The van der Waals surface area contributed by atoms with Crippen molar-refractivity contribution >= 4 is 21.7 Å². The third-order valence-corrected chi connectivity index (χ3v) is 8.24. The fourth-order valence-electron chi connectivity index (χ4n) is 4.89. The first-order chi connectivity index (χ1) is 18.1. The summed E-state index contributed by atoms with van der Waals surface area (Å²) in [5.41, 5.74) is 1.17. The zero-order valence-electron chi connectivity index (χ0n) is 21.5. The van der Waals surface area contributed by atoms with Crippen molar-refractivity contribution in [3.63, 3.8) is 0 Å². The summed E-state index contributed by atoms with van der Waals surface area (Å²) in [6, 6.07) is 2.93. The quantitative estimate of drug-likeness (QED) is 0.450. The van der Waals surface area contributed by atoms with Crippen molar-refractivity contribution in [3.05, 3.63) is 59.7 Å². The maximum absolute atomic E-state index is 15.6. The monoisotopic (exact) mass is 544 g/mol. The van der Waals surface area contributed by atoms with E-state index in [1.54, 1.807) is 29.1 Å². The second-order valence-electron chi connectivity index (χ2n) is 9.94. The van der Waals surface area contributed by atoms with E-state index in [2.05, 4.69) is 15.0 Å². The molecule has 9 nitrogen and oxygen atoms in total. The van der Waals surface area contributed by atoms with E-state index in [1.165, 1.54) is 22.9 Å². The first-order valence-electron chi connectivity index (χ1n) is 12.7. The molecule has 0 spiro atoms. The Balaban J connectivity index is 1.36. The number of sulfone groups is 1. The van der Waals surface area contributed by atoms with Crippen molar-refractivity contribution < 1.29 is 22.0 Å². The van der Waals surface area contributed by atoms with Crippen LogP contribution in [0.4, 0.5) is 14.7 Å². The normalized spacial score (nSPS) is 20.0. The van der Waals surface area contributed by atoms with Crippen LogP contribution in [-0.4, -0.2) is 76.3 Å². The molecular weight excluding hydrogens is 514 g/mol. The lowest BCUT2D eigenvalue weighted by atomic mass is 10.0. The maximum atomic E-state index is 15.6. The highest BCUT2D eigenvalue weighted by Gasteiger charge is 2.44. The van der Waals surface area contributed by atoms with Crippen LogP contribution >= 0.6 is 0 Å². The van der Waals surface area contributed by atoms with Gasteiger partial charge >= 0.3 is 0 Å². The average molecular weight is 545 g/mol. The molecule has 3 aromatic rings. The molecule has 0 unspecified atom stereocenters. The lowest BCUT2D eigenvalue weighted by molar-refractivity contribution is 0.0481. The second-order valence-corrected chi connectivity index (χ2v) is 12.0. The van der Waals surface area contributed by atoms with Crippen LogP contribution in [-0.2, 0) is 16.3 Å². The minimum atomic E-state index is -3.57. The Labute approximate surface area is 220 Å². The number of anilines is 1. The fourth-order valence-corrected chi connectivity index (χ4v) is 5.52. The van der Waals surface area contributed by atoms with Gasteiger partial charge in [0, 0.05) is 37.4 Å². The standard InChI is InChI=1S/C26H30F2N6O3S/c1-4-17-12-29-26(30-13-17)32-10-9-24(21(28)14-32)34(18-5-6-18)25(35)22-15-33(16(2)31-22)23-8-7-19(11-20(23)27)38(3,36)37/h7-8,11-13,15,18,21,24H,4-6,9-10,14H2,1-3H3/t21-,24+/m0/s1. The molecule has 38 heavy (non-hydrogen) atoms. The number of rotatable bonds is 7. The Morgan fingerprint density at radius 1 is 1.18 bits per heavy atom. The number of alkyl halides is 1. The number of amides is 1. The lowest BCUT2D eigenvalue weighted by Gasteiger charge is -2.40. The fraction of sp³-hybridized carbons (Fsp3) is 0.462. The number of piperidine rings is 1.